The zero-order chi connectivity index (χ0) is 27.3. The van der Waals surface area contributed by atoms with Gasteiger partial charge in [0.05, 0.1) is 6.21 Å². The van der Waals surface area contributed by atoms with Gasteiger partial charge >= 0.3 is 11.9 Å². The molecule has 0 bridgehead atoms. The van der Waals surface area contributed by atoms with Gasteiger partial charge in [0.25, 0.3) is 5.91 Å². The average molecular weight is 517 g/mol. The molecule has 7 heteroatoms. The lowest BCUT2D eigenvalue weighted by Crippen LogP contribution is -2.17. The van der Waals surface area contributed by atoms with Crippen molar-refractivity contribution in [3.8, 4) is 11.5 Å². The number of hydrogen-bond acceptors (Lipinski definition) is 6. The van der Waals surface area contributed by atoms with Gasteiger partial charge in [-0.1, -0.05) is 78.9 Å². The smallest absolute Gasteiger partial charge is 0.336 e. The Morgan fingerprint density at radius 2 is 1.10 bits per heavy atom. The first-order valence-electron chi connectivity index (χ1n) is 12.0. The van der Waals surface area contributed by atoms with Gasteiger partial charge in [-0.05, 0) is 48.0 Å². The van der Waals surface area contributed by atoms with E-state index in [-0.39, 0.29) is 11.7 Å². The van der Waals surface area contributed by atoms with Crippen molar-refractivity contribution in [3.05, 3.63) is 144 Å². The first kappa shape index (κ1) is 26.5. The summed E-state index contributed by atoms with van der Waals surface area (Å²) in [7, 11) is 0. The van der Waals surface area contributed by atoms with E-state index in [1.807, 2.05) is 36.4 Å². The van der Waals surface area contributed by atoms with Gasteiger partial charge in [0.2, 0.25) is 0 Å². The standard InChI is InChI=1S/C32H24N2O5/c35-30(21-19-24-11-3-1-4-12-24)38-28-17-9-7-13-25(28)20-22-31(36)39-29-18-10-8-16-27(29)23-33-34-32(37)26-14-5-2-6-15-26/h1-23H,(H,34,37)/b21-19+,22-20+,33-23+. The van der Waals surface area contributed by atoms with Crippen molar-refractivity contribution in [2.24, 2.45) is 5.10 Å². The Bertz CT molecular complexity index is 1530. The van der Waals surface area contributed by atoms with Crippen LogP contribution in [0.5, 0.6) is 11.5 Å². The number of hydrogen-bond donors (Lipinski definition) is 1. The lowest BCUT2D eigenvalue weighted by atomic mass is 10.2. The van der Waals surface area contributed by atoms with Crippen molar-refractivity contribution in [1.82, 2.24) is 5.43 Å². The fourth-order valence-electron chi connectivity index (χ4n) is 3.38. The number of benzene rings is 4. The maximum Gasteiger partial charge on any atom is 0.336 e. The maximum absolute atomic E-state index is 12.6. The van der Waals surface area contributed by atoms with Crippen molar-refractivity contribution in [3.63, 3.8) is 0 Å². The van der Waals surface area contributed by atoms with Crippen molar-refractivity contribution in [2.45, 2.75) is 0 Å². The maximum atomic E-state index is 12.6. The first-order chi connectivity index (χ1) is 19.1. The predicted octanol–water partition coefficient (Wildman–Crippen LogP) is 5.69. The molecule has 0 atom stereocenters. The monoisotopic (exact) mass is 516 g/mol. The van der Waals surface area contributed by atoms with Crippen LogP contribution < -0.4 is 14.9 Å². The molecule has 0 unspecified atom stereocenters. The van der Waals surface area contributed by atoms with Crippen LogP contribution in [0.3, 0.4) is 0 Å². The molecule has 4 aromatic rings. The molecule has 39 heavy (non-hydrogen) atoms. The zero-order valence-corrected chi connectivity index (χ0v) is 20.8. The van der Waals surface area contributed by atoms with Crippen LogP contribution in [-0.2, 0) is 9.59 Å². The highest BCUT2D eigenvalue weighted by Gasteiger charge is 2.08. The Kier molecular flexibility index (Phi) is 9.29. The molecule has 1 N–H and O–H groups in total. The molecule has 192 valence electrons. The number of hydrazone groups is 1. The summed E-state index contributed by atoms with van der Waals surface area (Å²) >= 11 is 0. The Labute approximate surface area is 225 Å². The highest BCUT2D eigenvalue weighted by Crippen LogP contribution is 2.21. The molecule has 0 saturated heterocycles. The Morgan fingerprint density at radius 1 is 0.590 bits per heavy atom. The largest absolute Gasteiger partial charge is 0.423 e. The SMILES string of the molecule is O=C(/C=C/c1ccccc1)Oc1ccccc1/C=C/C(=O)Oc1ccccc1/C=N/NC(=O)c1ccccc1. The molecule has 0 aliphatic rings. The lowest BCUT2D eigenvalue weighted by Gasteiger charge is -2.06. The highest BCUT2D eigenvalue weighted by atomic mass is 16.5. The lowest BCUT2D eigenvalue weighted by molar-refractivity contribution is -0.129. The summed E-state index contributed by atoms with van der Waals surface area (Å²) in [6.07, 6.45) is 7.13. The summed E-state index contributed by atoms with van der Waals surface area (Å²) in [6.45, 7) is 0. The summed E-state index contributed by atoms with van der Waals surface area (Å²) in [5, 5.41) is 3.97. The third-order valence-electron chi connectivity index (χ3n) is 5.28. The Morgan fingerprint density at radius 3 is 1.77 bits per heavy atom. The van der Waals surface area contributed by atoms with Gasteiger partial charge in [-0.25, -0.2) is 15.0 Å². The van der Waals surface area contributed by atoms with E-state index in [1.54, 1.807) is 78.9 Å². The van der Waals surface area contributed by atoms with Gasteiger partial charge in [0.15, 0.2) is 0 Å². The summed E-state index contributed by atoms with van der Waals surface area (Å²) in [5.41, 5.74) is 4.80. The van der Waals surface area contributed by atoms with E-state index in [2.05, 4.69) is 10.5 Å². The molecule has 0 aliphatic heterocycles. The fraction of sp³-hybridized carbons (Fsp3) is 0. The molecule has 0 aliphatic carbocycles. The molecule has 0 saturated carbocycles. The van der Waals surface area contributed by atoms with Crippen LogP contribution in [0.2, 0.25) is 0 Å². The third kappa shape index (κ3) is 8.23. The quantitative estimate of drug-likeness (QED) is 0.101. The van der Waals surface area contributed by atoms with Crippen LogP contribution in [0.15, 0.2) is 126 Å². The van der Waals surface area contributed by atoms with Crippen molar-refractivity contribution < 1.29 is 23.9 Å². The fourth-order valence-corrected chi connectivity index (χ4v) is 3.38. The Balaban J connectivity index is 1.37. The molecule has 4 rings (SSSR count). The minimum atomic E-state index is -0.644. The number of amides is 1. The highest BCUT2D eigenvalue weighted by molar-refractivity contribution is 5.95. The van der Waals surface area contributed by atoms with E-state index < -0.39 is 11.9 Å². The Hall–Kier alpha value is -5.56. The minimum Gasteiger partial charge on any atom is -0.423 e. The molecular weight excluding hydrogens is 492 g/mol. The van der Waals surface area contributed by atoms with Crippen LogP contribution in [0.1, 0.15) is 27.0 Å². The molecular formula is C32H24N2O5. The van der Waals surface area contributed by atoms with Gasteiger partial charge in [-0.2, -0.15) is 5.10 Å². The van der Waals surface area contributed by atoms with E-state index in [0.717, 1.165) is 5.56 Å². The molecule has 1 amide bonds. The molecule has 0 spiro atoms. The summed E-state index contributed by atoms with van der Waals surface area (Å²) in [5.74, 6) is -0.995. The van der Waals surface area contributed by atoms with Crippen LogP contribution >= 0.6 is 0 Å². The normalized spacial score (nSPS) is 11.1. The van der Waals surface area contributed by atoms with Crippen LogP contribution in [0.4, 0.5) is 0 Å². The first-order valence-corrected chi connectivity index (χ1v) is 12.0. The van der Waals surface area contributed by atoms with E-state index in [9.17, 15) is 14.4 Å². The third-order valence-corrected chi connectivity index (χ3v) is 5.28. The number of carbonyl (C=O) groups is 3. The van der Waals surface area contributed by atoms with Crippen molar-refractivity contribution in [2.75, 3.05) is 0 Å². The number of rotatable bonds is 9. The summed E-state index contributed by atoms with van der Waals surface area (Å²) < 4.78 is 10.9. The van der Waals surface area contributed by atoms with E-state index in [4.69, 9.17) is 9.47 Å². The van der Waals surface area contributed by atoms with Gasteiger partial charge in [-0.15, -0.1) is 0 Å². The molecule has 0 fully saturated rings. The van der Waals surface area contributed by atoms with Gasteiger partial charge in [-0.3, -0.25) is 4.79 Å². The number of para-hydroxylation sites is 2. The van der Waals surface area contributed by atoms with Crippen LogP contribution in [0, 0.1) is 0 Å². The minimum absolute atomic E-state index is 0.260. The van der Waals surface area contributed by atoms with Crippen LogP contribution in [0.25, 0.3) is 12.2 Å². The molecule has 0 heterocycles. The van der Waals surface area contributed by atoms with Crippen molar-refractivity contribution in [1.29, 1.82) is 0 Å². The van der Waals surface area contributed by atoms with E-state index in [1.165, 1.54) is 24.4 Å². The summed E-state index contributed by atoms with van der Waals surface area (Å²) in [6, 6.07) is 31.7. The average Bonchev–Trinajstić information content (AvgIpc) is 2.97. The summed E-state index contributed by atoms with van der Waals surface area (Å²) in [4.78, 5) is 37.0. The van der Waals surface area contributed by atoms with Gasteiger partial charge < -0.3 is 9.47 Å². The van der Waals surface area contributed by atoms with E-state index in [0.29, 0.717) is 22.4 Å². The molecule has 0 radical (unpaired) electrons. The molecule has 4 aromatic carbocycles. The second kappa shape index (κ2) is 13.7. The second-order valence-electron chi connectivity index (χ2n) is 8.06. The predicted molar refractivity (Wildman–Crippen MR) is 150 cm³/mol. The van der Waals surface area contributed by atoms with Gasteiger partial charge in [0.1, 0.15) is 11.5 Å². The topological polar surface area (TPSA) is 94.1 Å². The second-order valence-corrected chi connectivity index (χ2v) is 8.06. The van der Waals surface area contributed by atoms with E-state index >= 15 is 0 Å². The van der Waals surface area contributed by atoms with Gasteiger partial charge in [0, 0.05) is 28.8 Å². The number of ether oxygens (including phenoxy) is 2. The van der Waals surface area contributed by atoms with Crippen LogP contribution in [-0.4, -0.2) is 24.1 Å². The molecule has 0 aromatic heterocycles. The number of nitrogens with zero attached hydrogens (tertiary/aromatic N) is 1. The number of esters is 2. The van der Waals surface area contributed by atoms with Crippen molar-refractivity contribution >= 4 is 36.2 Å². The number of nitrogens with one attached hydrogen (secondary N) is 1. The number of carbonyl (C=O) groups excluding carboxylic acids is 3. The zero-order valence-electron chi connectivity index (χ0n) is 20.8. The molecule has 7 nitrogen and oxygen atoms in total.